The summed E-state index contributed by atoms with van der Waals surface area (Å²) in [5.74, 6) is 1.62. The van der Waals surface area contributed by atoms with E-state index in [0.29, 0.717) is 30.7 Å². The molecule has 0 bridgehead atoms. The van der Waals surface area contributed by atoms with E-state index in [2.05, 4.69) is 44.3 Å². The highest BCUT2D eigenvalue weighted by molar-refractivity contribution is 5.77. The van der Waals surface area contributed by atoms with Gasteiger partial charge in [0.25, 0.3) is 0 Å². The van der Waals surface area contributed by atoms with Crippen LogP contribution in [0, 0.1) is 12.3 Å². The van der Waals surface area contributed by atoms with Gasteiger partial charge in [0.2, 0.25) is 17.7 Å². The summed E-state index contributed by atoms with van der Waals surface area (Å²) in [4.78, 5) is 17.0. The molecule has 1 atom stereocenters. The third-order valence-electron chi connectivity index (χ3n) is 5.93. The minimum Gasteiger partial charge on any atom is -0.424 e. The van der Waals surface area contributed by atoms with Gasteiger partial charge < -0.3 is 9.32 Å². The number of hydrogen-bond donors (Lipinski definition) is 0. The van der Waals surface area contributed by atoms with Gasteiger partial charge in [0.15, 0.2) is 0 Å². The SMILES string of the molecule is Cc1nnc(CN2CCC[C@@]3(CCC(=O)N(CCc4ccccc4)C3)C2)o1. The molecule has 2 aliphatic rings. The molecule has 6 nitrogen and oxygen atoms in total. The summed E-state index contributed by atoms with van der Waals surface area (Å²) >= 11 is 0. The Morgan fingerprint density at radius 1 is 1.15 bits per heavy atom. The molecule has 4 rings (SSSR count). The van der Waals surface area contributed by atoms with Crippen LogP contribution in [0.5, 0.6) is 0 Å². The molecule has 2 saturated heterocycles. The van der Waals surface area contributed by atoms with Crippen LogP contribution in [0.2, 0.25) is 0 Å². The lowest BCUT2D eigenvalue weighted by Crippen LogP contribution is -2.54. The average molecular weight is 368 g/mol. The average Bonchev–Trinajstić information content (AvgIpc) is 3.08. The number of rotatable bonds is 5. The summed E-state index contributed by atoms with van der Waals surface area (Å²) < 4.78 is 5.56. The first-order chi connectivity index (χ1) is 13.1. The minimum absolute atomic E-state index is 0.206. The number of likely N-dealkylation sites (tertiary alicyclic amines) is 2. The van der Waals surface area contributed by atoms with Crippen LogP contribution in [0.4, 0.5) is 0 Å². The molecule has 0 aliphatic carbocycles. The second-order valence-electron chi connectivity index (χ2n) is 8.08. The lowest BCUT2D eigenvalue weighted by atomic mass is 9.73. The second kappa shape index (κ2) is 7.80. The monoisotopic (exact) mass is 368 g/mol. The molecule has 144 valence electrons. The van der Waals surface area contributed by atoms with Gasteiger partial charge in [-0.25, -0.2) is 0 Å². The van der Waals surface area contributed by atoms with E-state index in [1.807, 2.05) is 13.0 Å². The van der Waals surface area contributed by atoms with Crippen LogP contribution < -0.4 is 0 Å². The summed E-state index contributed by atoms with van der Waals surface area (Å²) in [6.45, 7) is 6.28. The number of nitrogens with zero attached hydrogens (tertiary/aromatic N) is 4. The molecule has 0 unspecified atom stereocenters. The molecule has 0 radical (unpaired) electrons. The third kappa shape index (κ3) is 4.38. The Morgan fingerprint density at radius 2 is 2.00 bits per heavy atom. The molecule has 0 saturated carbocycles. The van der Waals surface area contributed by atoms with Crippen LogP contribution in [-0.2, 0) is 17.8 Å². The molecular formula is C21H28N4O2. The van der Waals surface area contributed by atoms with Crippen LogP contribution in [0.1, 0.15) is 43.0 Å². The fourth-order valence-corrected chi connectivity index (χ4v) is 4.59. The largest absolute Gasteiger partial charge is 0.424 e. The fourth-order valence-electron chi connectivity index (χ4n) is 4.59. The zero-order valence-electron chi connectivity index (χ0n) is 16.1. The van der Waals surface area contributed by atoms with Gasteiger partial charge >= 0.3 is 0 Å². The normalized spacial score (nSPS) is 23.9. The third-order valence-corrected chi connectivity index (χ3v) is 5.93. The number of amides is 1. The van der Waals surface area contributed by atoms with Crippen molar-refractivity contribution in [3.63, 3.8) is 0 Å². The quantitative estimate of drug-likeness (QED) is 0.812. The first-order valence-corrected chi connectivity index (χ1v) is 9.95. The van der Waals surface area contributed by atoms with Gasteiger partial charge in [-0.05, 0) is 37.8 Å². The molecule has 1 aromatic carbocycles. The van der Waals surface area contributed by atoms with Gasteiger partial charge in [-0.3, -0.25) is 9.69 Å². The summed E-state index contributed by atoms with van der Waals surface area (Å²) in [5, 5.41) is 8.08. The zero-order valence-corrected chi connectivity index (χ0v) is 16.1. The van der Waals surface area contributed by atoms with Gasteiger partial charge in [0.05, 0.1) is 6.54 Å². The number of piperidine rings is 2. The lowest BCUT2D eigenvalue weighted by Gasteiger charge is -2.48. The Hall–Kier alpha value is -2.21. The van der Waals surface area contributed by atoms with Crippen molar-refractivity contribution in [1.29, 1.82) is 0 Å². The van der Waals surface area contributed by atoms with Crippen molar-refractivity contribution in [2.75, 3.05) is 26.2 Å². The number of hydrogen-bond acceptors (Lipinski definition) is 5. The second-order valence-corrected chi connectivity index (χ2v) is 8.08. The van der Waals surface area contributed by atoms with Crippen LogP contribution in [0.3, 0.4) is 0 Å². The van der Waals surface area contributed by atoms with Gasteiger partial charge in [-0.2, -0.15) is 0 Å². The van der Waals surface area contributed by atoms with E-state index in [9.17, 15) is 4.79 Å². The van der Waals surface area contributed by atoms with Crippen LogP contribution in [0.25, 0.3) is 0 Å². The van der Waals surface area contributed by atoms with E-state index in [1.165, 1.54) is 12.0 Å². The Morgan fingerprint density at radius 3 is 2.78 bits per heavy atom. The molecule has 27 heavy (non-hydrogen) atoms. The van der Waals surface area contributed by atoms with Crippen LogP contribution in [0.15, 0.2) is 34.7 Å². The number of benzene rings is 1. The molecule has 2 aliphatic heterocycles. The van der Waals surface area contributed by atoms with Gasteiger partial charge in [0.1, 0.15) is 0 Å². The molecule has 2 aromatic rings. The summed E-state index contributed by atoms with van der Waals surface area (Å²) in [5.41, 5.74) is 1.50. The van der Waals surface area contributed by atoms with Crippen molar-refractivity contribution in [2.24, 2.45) is 5.41 Å². The molecule has 3 heterocycles. The minimum atomic E-state index is 0.206. The van der Waals surface area contributed by atoms with Crippen molar-refractivity contribution in [2.45, 2.75) is 45.6 Å². The summed E-state index contributed by atoms with van der Waals surface area (Å²) in [6, 6.07) is 10.4. The summed E-state index contributed by atoms with van der Waals surface area (Å²) in [7, 11) is 0. The Kier molecular flexibility index (Phi) is 5.25. The van der Waals surface area contributed by atoms with Gasteiger partial charge in [-0.15, -0.1) is 10.2 Å². The zero-order chi connectivity index (χ0) is 18.7. The van der Waals surface area contributed by atoms with Crippen LogP contribution in [-0.4, -0.2) is 52.1 Å². The van der Waals surface area contributed by atoms with E-state index >= 15 is 0 Å². The number of aromatic nitrogens is 2. The maximum atomic E-state index is 12.5. The summed E-state index contributed by atoms with van der Waals surface area (Å²) in [6.07, 6.45) is 4.94. The maximum Gasteiger partial charge on any atom is 0.230 e. The van der Waals surface area contributed by atoms with Crippen molar-refractivity contribution in [1.82, 2.24) is 20.0 Å². The van der Waals surface area contributed by atoms with Crippen molar-refractivity contribution in [3.8, 4) is 0 Å². The van der Waals surface area contributed by atoms with Gasteiger partial charge in [-0.1, -0.05) is 30.3 Å². The van der Waals surface area contributed by atoms with Crippen molar-refractivity contribution in [3.05, 3.63) is 47.7 Å². The van der Waals surface area contributed by atoms with Gasteiger partial charge in [0, 0.05) is 38.4 Å². The molecule has 1 aromatic heterocycles. The smallest absolute Gasteiger partial charge is 0.230 e. The van der Waals surface area contributed by atoms with Crippen LogP contribution >= 0.6 is 0 Å². The molecule has 1 amide bonds. The molecular weight excluding hydrogens is 340 g/mol. The first kappa shape index (κ1) is 18.2. The number of carbonyl (C=O) groups excluding carboxylic acids is 1. The highest BCUT2D eigenvalue weighted by Crippen LogP contribution is 2.39. The maximum absolute atomic E-state index is 12.5. The highest BCUT2D eigenvalue weighted by atomic mass is 16.4. The molecule has 1 spiro atoms. The predicted molar refractivity (Wildman–Crippen MR) is 102 cm³/mol. The highest BCUT2D eigenvalue weighted by Gasteiger charge is 2.41. The molecule has 0 N–H and O–H groups in total. The Labute approximate surface area is 160 Å². The number of carbonyl (C=O) groups is 1. The van der Waals surface area contributed by atoms with Crippen molar-refractivity contribution < 1.29 is 9.21 Å². The van der Waals surface area contributed by atoms with E-state index in [-0.39, 0.29) is 5.41 Å². The molecule has 6 heteroatoms. The van der Waals surface area contributed by atoms with Crippen molar-refractivity contribution >= 4 is 5.91 Å². The van der Waals surface area contributed by atoms with E-state index in [1.54, 1.807) is 0 Å². The van der Waals surface area contributed by atoms with E-state index in [0.717, 1.165) is 45.4 Å². The fraction of sp³-hybridized carbons (Fsp3) is 0.571. The number of aryl methyl sites for hydroxylation is 1. The predicted octanol–water partition coefficient (Wildman–Crippen LogP) is 2.83. The first-order valence-electron chi connectivity index (χ1n) is 9.95. The standard InChI is InChI=1S/C21H28N4O2/c1-17-22-23-19(27-17)14-24-12-5-10-21(15-24)11-8-20(26)25(16-21)13-9-18-6-3-2-4-7-18/h2-4,6-7H,5,8-16H2,1H3/t21-/m1/s1. The Bertz CT molecular complexity index is 775. The Balaban J connectivity index is 1.38. The molecule has 2 fully saturated rings. The van der Waals surface area contributed by atoms with E-state index < -0.39 is 0 Å². The topological polar surface area (TPSA) is 62.5 Å². The van der Waals surface area contributed by atoms with E-state index in [4.69, 9.17) is 4.42 Å². The lowest BCUT2D eigenvalue weighted by molar-refractivity contribution is -0.139.